The summed E-state index contributed by atoms with van der Waals surface area (Å²) in [6.45, 7) is 3.59. The highest BCUT2D eigenvalue weighted by molar-refractivity contribution is 6.31. The number of aromatic nitrogens is 4. The summed E-state index contributed by atoms with van der Waals surface area (Å²) < 4.78 is 6.67. The number of rotatable bonds is 5. The van der Waals surface area contributed by atoms with Gasteiger partial charge in [0, 0.05) is 10.7 Å². The van der Waals surface area contributed by atoms with Crippen molar-refractivity contribution in [1.82, 2.24) is 19.7 Å². The SMILES string of the molecule is COc1ccc(Cl)cc1Nc1ncnc(-n2nc(C)cc2C)c1[N+](=O)[O-]. The fourth-order valence-corrected chi connectivity index (χ4v) is 2.70. The number of methoxy groups -OCH3 is 1. The van der Waals surface area contributed by atoms with Crippen LogP contribution in [0.1, 0.15) is 11.4 Å². The molecule has 2 aromatic heterocycles. The lowest BCUT2D eigenvalue weighted by Gasteiger charge is -2.12. The van der Waals surface area contributed by atoms with Crippen molar-refractivity contribution in [3.63, 3.8) is 0 Å². The molecule has 0 radical (unpaired) electrons. The maximum absolute atomic E-state index is 11.7. The first-order valence-corrected chi connectivity index (χ1v) is 7.92. The largest absolute Gasteiger partial charge is 0.495 e. The molecule has 0 aliphatic heterocycles. The summed E-state index contributed by atoms with van der Waals surface area (Å²) >= 11 is 6.02. The van der Waals surface area contributed by atoms with Crippen LogP contribution in [-0.2, 0) is 0 Å². The Kier molecular flexibility index (Phi) is 4.72. The van der Waals surface area contributed by atoms with Gasteiger partial charge in [0.15, 0.2) is 0 Å². The zero-order valence-corrected chi connectivity index (χ0v) is 15.0. The van der Waals surface area contributed by atoms with Crippen molar-refractivity contribution in [2.24, 2.45) is 0 Å². The highest BCUT2D eigenvalue weighted by atomic mass is 35.5. The third-order valence-corrected chi connectivity index (χ3v) is 3.85. The third-order valence-electron chi connectivity index (χ3n) is 3.61. The number of anilines is 2. The van der Waals surface area contributed by atoms with Crippen LogP contribution in [0.5, 0.6) is 5.75 Å². The molecule has 0 atom stereocenters. The lowest BCUT2D eigenvalue weighted by molar-refractivity contribution is -0.384. The summed E-state index contributed by atoms with van der Waals surface area (Å²) in [6, 6.07) is 6.70. The van der Waals surface area contributed by atoms with Gasteiger partial charge in [0.05, 0.1) is 23.4 Å². The van der Waals surface area contributed by atoms with Gasteiger partial charge in [0.1, 0.15) is 12.1 Å². The molecule has 3 rings (SSSR count). The number of halogens is 1. The zero-order valence-electron chi connectivity index (χ0n) is 14.2. The highest BCUT2D eigenvalue weighted by Crippen LogP contribution is 2.35. The second kappa shape index (κ2) is 6.96. The molecule has 0 saturated heterocycles. The Labute approximate surface area is 153 Å². The van der Waals surface area contributed by atoms with Gasteiger partial charge in [-0.15, -0.1) is 0 Å². The molecule has 3 aromatic rings. The molecule has 0 aliphatic carbocycles. The minimum Gasteiger partial charge on any atom is -0.495 e. The zero-order chi connectivity index (χ0) is 18.8. The molecular weight excluding hydrogens is 360 g/mol. The van der Waals surface area contributed by atoms with E-state index in [0.717, 1.165) is 11.4 Å². The van der Waals surface area contributed by atoms with E-state index in [9.17, 15) is 10.1 Å². The van der Waals surface area contributed by atoms with Crippen LogP contribution in [0.3, 0.4) is 0 Å². The van der Waals surface area contributed by atoms with Crippen LogP contribution < -0.4 is 10.1 Å². The van der Waals surface area contributed by atoms with Crippen molar-refractivity contribution >= 4 is 28.8 Å². The van der Waals surface area contributed by atoms with Gasteiger partial charge in [0.2, 0.25) is 11.6 Å². The lowest BCUT2D eigenvalue weighted by atomic mass is 10.3. The normalized spacial score (nSPS) is 10.6. The van der Waals surface area contributed by atoms with Crippen LogP contribution in [0.15, 0.2) is 30.6 Å². The van der Waals surface area contributed by atoms with Crippen molar-refractivity contribution in [2.45, 2.75) is 13.8 Å². The molecule has 1 aromatic carbocycles. The molecule has 0 aliphatic rings. The van der Waals surface area contributed by atoms with E-state index in [1.807, 2.05) is 0 Å². The van der Waals surface area contributed by atoms with E-state index in [1.54, 1.807) is 38.1 Å². The molecule has 1 N–H and O–H groups in total. The van der Waals surface area contributed by atoms with E-state index in [-0.39, 0.29) is 17.3 Å². The molecule has 10 heteroatoms. The molecule has 0 bridgehead atoms. The van der Waals surface area contributed by atoms with Gasteiger partial charge < -0.3 is 10.1 Å². The monoisotopic (exact) mass is 374 g/mol. The fraction of sp³-hybridized carbons (Fsp3) is 0.188. The number of nitrogens with zero attached hydrogens (tertiary/aromatic N) is 5. The first-order chi connectivity index (χ1) is 12.4. The van der Waals surface area contributed by atoms with E-state index in [2.05, 4.69) is 20.4 Å². The molecule has 0 fully saturated rings. The maximum Gasteiger partial charge on any atom is 0.355 e. The number of aryl methyl sites for hydroxylation is 2. The smallest absolute Gasteiger partial charge is 0.355 e. The number of ether oxygens (including phenoxy) is 1. The van der Waals surface area contributed by atoms with E-state index in [1.165, 1.54) is 18.1 Å². The molecule has 2 heterocycles. The molecule has 0 unspecified atom stereocenters. The Hall–Kier alpha value is -3.20. The molecule has 0 amide bonds. The van der Waals surface area contributed by atoms with E-state index >= 15 is 0 Å². The minimum atomic E-state index is -0.550. The number of nitro groups is 1. The predicted molar refractivity (Wildman–Crippen MR) is 96.6 cm³/mol. The van der Waals surface area contributed by atoms with Gasteiger partial charge in [-0.3, -0.25) is 10.1 Å². The van der Waals surface area contributed by atoms with Crippen molar-refractivity contribution in [2.75, 3.05) is 12.4 Å². The van der Waals surface area contributed by atoms with Crippen molar-refractivity contribution in [3.8, 4) is 11.6 Å². The average Bonchev–Trinajstić information content (AvgIpc) is 2.93. The van der Waals surface area contributed by atoms with Crippen LogP contribution in [0.25, 0.3) is 5.82 Å². The van der Waals surface area contributed by atoms with E-state index < -0.39 is 4.92 Å². The van der Waals surface area contributed by atoms with Gasteiger partial charge in [0.25, 0.3) is 0 Å². The molecule has 134 valence electrons. The lowest BCUT2D eigenvalue weighted by Crippen LogP contribution is -2.10. The Balaban J connectivity index is 2.15. The van der Waals surface area contributed by atoms with Crippen molar-refractivity contribution in [3.05, 3.63) is 57.1 Å². The van der Waals surface area contributed by atoms with Gasteiger partial charge in [-0.05, 0) is 38.1 Å². The Morgan fingerprint density at radius 1 is 1.27 bits per heavy atom. The topological polar surface area (TPSA) is 108 Å². The fourth-order valence-electron chi connectivity index (χ4n) is 2.53. The summed E-state index contributed by atoms with van der Waals surface area (Å²) in [5, 5.41) is 19.4. The maximum atomic E-state index is 11.7. The van der Waals surface area contributed by atoms with E-state index in [4.69, 9.17) is 16.3 Å². The quantitative estimate of drug-likeness (QED) is 0.536. The Bertz CT molecular complexity index is 988. The summed E-state index contributed by atoms with van der Waals surface area (Å²) in [6.07, 6.45) is 1.23. The van der Waals surface area contributed by atoms with Crippen molar-refractivity contribution < 1.29 is 9.66 Å². The summed E-state index contributed by atoms with van der Waals surface area (Å²) in [5.74, 6) is 0.544. The summed E-state index contributed by atoms with van der Waals surface area (Å²) in [7, 11) is 1.49. The number of hydrogen-bond donors (Lipinski definition) is 1. The van der Waals surface area contributed by atoms with Crippen LogP contribution in [0.4, 0.5) is 17.2 Å². The van der Waals surface area contributed by atoms with Crippen LogP contribution in [0, 0.1) is 24.0 Å². The second-order valence-electron chi connectivity index (χ2n) is 5.46. The van der Waals surface area contributed by atoms with Crippen LogP contribution >= 0.6 is 11.6 Å². The van der Waals surface area contributed by atoms with Crippen LogP contribution in [0.2, 0.25) is 5.02 Å². The van der Waals surface area contributed by atoms with Gasteiger partial charge in [-0.25, -0.2) is 14.6 Å². The molecule has 26 heavy (non-hydrogen) atoms. The summed E-state index contributed by atoms with van der Waals surface area (Å²) in [4.78, 5) is 19.3. The second-order valence-corrected chi connectivity index (χ2v) is 5.90. The van der Waals surface area contributed by atoms with Crippen molar-refractivity contribution in [1.29, 1.82) is 0 Å². The molecule has 0 saturated carbocycles. The number of nitrogens with one attached hydrogen (secondary N) is 1. The van der Waals surface area contributed by atoms with Gasteiger partial charge in [-0.1, -0.05) is 11.6 Å². The number of hydrogen-bond acceptors (Lipinski definition) is 7. The summed E-state index contributed by atoms with van der Waals surface area (Å²) in [5.41, 5.74) is 1.58. The van der Waals surface area contributed by atoms with E-state index in [0.29, 0.717) is 16.5 Å². The molecular formula is C16H15ClN6O3. The van der Waals surface area contributed by atoms with Gasteiger partial charge >= 0.3 is 5.69 Å². The van der Waals surface area contributed by atoms with Crippen LogP contribution in [-0.4, -0.2) is 31.8 Å². The minimum absolute atomic E-state index is 0.00752. The first kappa shape index (κ1) is 17.6. The predicted octanol–water partition coefficient (Wildman–Crippen LogP) is 3.59. The Morgan fingerprint density at radius 3 is 2.65 bits per heavy atom. The van der Waals surface area contributed by atoms with Gasteiger partial charge in [-0.2, -0.15) is 5.10 Å². The third kappa shape index (κ3) is 3.29. The highest BCUT2D eigenvalue weighted by Gasteiger charge is 2.26. The molecule has 0 spiro atoms. The molecule has 9 nitrogen and oxygen atoms in total. The Morgan fingerprint density at radius 2 is 2.04 bits per heavy atom. The first-order valence-electron chi connectivity index (χ1n) is 7.54. The average molecular weight is 375 g/mol. The standard InChI is InChI=1S/C16H15ClN6O3/c1-9-6-10(2)22(21-9)16-14(23(24)25)15(18-8-19-16)20-12-7-11(17)4-5-13(12)26-3/h4-8H,1-3H3,(H,18,19,20). The number of benzene rings is 1.